The highest BCUT2D eigenvalue weighted by Gasteiger charge is 2.44. The number of nitrogens with one attached hydrogen (secondary N) is 3. The van der Waals surface area contributed by atoms with Crippen LogP contribution >= 0.6 is 11.8 Å². The molecule has 8 atom stereocenters. The number of esters is 1. The maximum absolute atomic E-state index is 15.1. The molecular weight excluding hydrogens is 949 g/mol. The number of ether oxygens (including phenoxy) is 5. The van der Waals surface area contributed by atoms with Crippen LogP contribution in [0.5, 0.6) is 0 Å². The molecule has 392 valence electrons. The first kappa shape index (κ1) is 54.6. The van der Waals surface area contributed by atoms with Crippen molar-refractivity contribution in [1.29, 1.82) is 0 Å². The molecule has 72 heavy (non-hydrogen) atoms. The highest BCUT2D eigenvalue weighted by atomic mass is 32.2. The molecule has 1 unspecified atom stereocenters. The van der Waals surface area contributed by atoms with E-state index in [1.54, 1.807) is 20.8 Å². The van der Waals surface area contributed by atoms with E-state index in [-0.39, 0.29) is 63.0 Å². The summed E-state index contributed by atoms with van der Waals surface area (Å²) >= 11 is 1.14. The zero-order valence-electron chi connectivity index (χ0n) is 42.8. The monoisotopic (exact) mass is 1020 g/mol. The van der Waals surface area contributed by atoms with Crippen LogP contribution in [0.15, 0.2) is 18.2 Å². The lowest BCUT2D eigenvalue weighted by Crippen LogP contribution is -2.57. The molecule has 4 aliphatic heterocycles. The summed E-state index contributed by atoms with van der Waals surface area (Å²) in [6, 6.07) is 5.92. The first-order chi connectivity index (χ1) is 34.2. The molecule has 7 heterocycles. The van der Waals surface area contributed by atoms with Crippen molar-refractivity contribution in [2.24, 2.45) is 0 Å². The second kappa shape index (κ2) is 22.9. The van der Waals surface area contributed by atoms with Crippen molar-refractivity contribution in [2.45, 2.75) is 141 Å². The third-order valence-corrected chi connectivity index (χ3v) is 15.0. The summed E-state index contributed by atoms with van der Waals surface area (Å²) in [4.78, 5) is 73.4. The number of H-pyrrole nitrogens is 2. The van der Waals surface area contributed by atoms with Crippen LogP contribution in [0.3, 0.4) is 0 Å². The van der Waals surface area contributed by atoms with Gasteiger partial charge in [0.2, 0.25) is 0 Å². The van der Waals surface area contributed by atoms with Crippen LogP contribution < -0.4 is 5.32 Å². The Morgan fingerprint density at radius 1 is 0.931 bits per heavy atom. The SMILES string of the molecule is CCC1=C(C)c2cc3[nH]c(cc4nc(c5c6[nH]c(cc1n2)c(C)c6C(=O)N(CCCS[C@@H]1O[C@H](CO)[C@@H](O)[C@H](O)[C@H]1O)C5=O)[C@@H](CCC(=O)OC)[C@@H]4C)c(C)c3C(C)OCCOCCNC(=O)OC(C)(C)C. The van der Waals surface area contributed by atoms with E-state index in [1.165, 1.54) is 12.0 Å². The number of amides is 3. The summed E-state index contributed by atoms with van der Waals surface area (Å²) in [7, 11) is 1.33. The van der Waals surface area contributed by atoms with Gasteiger partial charge in [0.05, 0.1) is 73.4 Å². The molecule has 0 radical (unpaired) electrons. The van der Waals surface area contributed by atoms with Gasteiger partial charge in [-0.1, -0.05) is 13.8 Å². The Balaban J connectivity index is 1.30. The lowest BCUT2D eigenvalue weighted by atomic mass is 9.84. The predicted octanol–water partition coefficient (Wildman–Crippen LogP) is 6.25. The Morgan fingerprint density at radius 2 is 1.64 bits per heavy atom. The molecule has 7 rings (SSSR count). The standard InChI is InChI=1S/C52H70N6O13S/c1-11-30-25(2)32-23-37-40(29(6)69-19-18-68-17-15-53-51(66)71-52(7,8)9)27(4)34(55-37)21-33-26(3)31(13-14-39(60)67-10)43(56-33)42-44-41(28(5)35(57-44)22-36(30)54-32)48(64)58(49(42)65)16-12-20-72-50-47(63)46(62)45(61)38(24-59)70-50/h21-23,26,29,31,38,45-47,50,55,57,59,61-63H,11-20,24H2,1-10H3,(H,53,66)/t26-,29?,31-,38+,45+,46-,47+,50-/m0/s1. The number of carbonyl (C=O) groups is 4. The van der Waals surface area contributed by atoms with Gasteiger partial charge in [-0.3, -0.25) is 24.3 Å². The molecule has 0 saturated carbocycles. The Bertz CT molecular complexity index is 2740. The normalized spacial score (nSPS) is 22.6. The van der Waals surface area contributed by atoms with Gasteiger partial charge in [-0.2, -0.15) is 0 Å². The quantitative estimate of drug-likeness (QED) is 0.0422. The van der Waals surface area contributed by atoms with E-state index in [9.17, 15) is 34.8 Å². The predicted molar refractivity (Wildman–Crippen MR) is 271 cm³/mol. The number of imide groups is 1. The summed E-state index contributed by atoms with van der Waals surface area (Å²) in [5.41, 5.74) is 8.43. The first-order valence-electron chi connectivity index (χ1n) is 24.7. The number of nitrogens with zero attached hydrogens (tertiary/aromatic N) is 3. The van der Waals surface area contributed by atoms with Gasteiger partial charge in [0.15, 0.2) is 0 Å². The molecule has 19 nitrogen and oxygen atoms in total. The van der Waals surface area contributed by atoms with Gasteiger partial charge in [-0.15, -0.1) is 11.8 Å². The Morgan fingerprint density at radius 3 is 2.33 bits per heavy atom. The number of carbonyl (C=O) groups excluding carboxylic acids is 4. The molecule has 7 N–H and O–H groups in total. The summed E-state index contributed by atoms with van der Waals surface area (Å²) in [5.74, 6) is -1.92. The molecule has 0 aliphatic carbocycles. The second-order valence-corrected chi connectivity index (χ2v) is 20.9. The number of thioether (sulfide) groups is 1. The molecule has 1 fully saturated rings. The molecule has 20 heteroatoms. The maximum atomic E-state index is 15.1. The summed E-state index contributed by atoms with van der Waals surface area (Å²) in [5, 5.41) is 43.7. The summed E-state index contributed by atoms with van der Waals surface area (Å²) < 4.78 is 28.2. The highest BCUT2D eigenvalue weighted by Crippen LogP contribution is 2.45. The van der Waals surface area contributed by atoms with Crippen molar-refractivity contribution >= 4 is 68.9 Å². The Kier molecular flexibility index (Phi) is 17.4. The molecule has 0 spiro atoms. The van der Waals surface area contributed by atoms with Gasteiger partial charge in [0, 0.05) is 59.2 Å². The van der Waals surface area contributed by atoms with Gasteiger partial charge in [-0.25, -0.2) is 9.78 Å². The van der Waals surface area contributed by atoms with Gasteiger partial charge in [0.25, 0.3) is 11.8 Å². The van der Waals surface area contributed by atoms with Crippen LogP contribution in [0.4, 0.5) is 4.79 Å². The Hall–Kier alpha value is -5.19. The van der Waals surface area contributed by atoms with E-state index in [4.69, 9.17) is 33.7 Å². The fourth-order valence-electron chi connectivity index (χ4n) is 9.88. The van der Waals surface area contributed by atoms with Gasteiger partial charge in [0.1, 0.15) is 35.5 Å². The number of allylic oxidation sites excluding steroid dienone is 2. The summed E-state index contributed by atoms with van der Waals surface area (Å²) in [6.45, 7) is 17.9. The number of fused-ring (bicyclic) bond motifs is 8. The zero-order chi connectivity index (χ0) is 52.3. The van der Waals surface area contributed by atoms with Crippen LogP contribution in [-0.2, 0) is 28.5 Å². The molecule has 0 aromatic carbocycles. The van der Waals surface area contributed by atoms with Crippen LogP contribution in [0, 0.1) is 13.8 Å². The molecule has 3 aromatic heterocycles. The van der Waals surface area contributed by atoms with Crippen LogP contribution in [0.2, 0.25) is 0 Å². The van der Waals surface area contributed by atoms with E-state index in [2.05, 4.69) is 22.2 Å². The third-order valence-electron chi connectivity index (χ3n) is 13.8. The minimum Gasteiger partial charge on any atom is -0.469 e. The summed E-state index contributed by atoms with van der Waals surface area (Å²) in [6.07, 6.45) is -5.15. The number of alkyl carbamates (subject to hydrolysis) is 1. The third kappa shape index (κ3) is 11.5. The topological polar surface area (TPSA) is 268 Å². The number of methoxy groups -OCH3 is 1. The van der Waals surface area contributed by atoms with E-state index >= 15 is 4.79 Å². The average Bonchev–Trinajstić information content (AvgIpc) is 4.02. The molecule has 3 amide bonds. The number of aryl methyl sites for hydroxylation is 2. The van der Waals surface area contributed by atoms with Crippen molar-refractivity contribution in [3.63, 3.8) is 0 Å². The van der Waals surface area contributed by atoms with Gasteiger partial charge < -0.3 is 59.4 Å². The largest absolute Gasteiger partial charge is 0.469 e. The first-order valence-corrected chi connectivity index (χ1v) is 25.7. The smallest absolute Gasteiger partial charge is 0.407 e. The number of aromatic amines is 2. The highest BCUT2D eigenvalue weighted by molar-refractivity contribution is 7.99. The van der Waals surface area contributed by atoms with Crippen molar-refractivity contribution in [3.05, 3.63) is 68.8 Å². The number of aliphatic hydroxyl groups is 4. The second-order valence-electron chi connectivity index (χ2n) is 19.7. The average molecular weight is 1020 g/mol. The van der Waals surface area contributed by atoms with Crippen LogP contribution in [-0.4, -0.2) is 157 Å². The Labute approximate surface area is 423 Å². The van der Waals surface area contributed by atoms with Crippen molar-refractivity contribution in [1.82, 2.24) is 30.2 Å². The molecule has 4 aliphatic rings. The minimum absolute atomic E-state index is 0.0132. The minimum atomic E-state index is -1.53. The van der Waals surface area contributed by atoms with E-state index < -0.39 is 78.0 Å². The lowest BCUT2D eigenvalue weighted by molar-refractivity contribution is -0.205. The zero-order valence-corrected chi connectivity index (χ0v) is 43.7. The van der Waals surface area contributed by atoms with Gasteiger partial charge in [-0.05, 0) is 114 Å². The van der Waals surface area contributed by atoms with Crippen molar-refractivity contribution < 1.29 is 63.3 Å². The number of aromatic nitrogens is 4. The maximum Gasteiger partial charge on any atom is 0.407 e. The van der Waals surface area contributed by atoms with Crippen molar-refractivity contribution in [3.8, 4) is 0 Å². The fraction of sp³-hybridized carbons (Fsp3) is 0.577. The molecule has 8 bridgehead atoms. The van der Waals surface area contributed by atoms with E-state index in [0.29, 0.717) is 52.1 Å². The van der Waals surface area contributed by atoms with E-state index in [0.717, 1.165) is 50.8 Å². The number of aliphatic hydroxyl groups excluding tert-OH is 4. The molecular formula is C52H70N6O13S. The van der Waals surface area contributed by atoms with E-state index in [1.807, 2.05) is 52.8 Å². The van der Waals surface area contributed by atoms with Crippen LogP contribution in [0.25, 0.3) is 33.2 Å². The fourth-order valence-corrected chi connectivity index (χ4v) is 11.0. The number of hydrogen-bond donors (Lipinski definition) is 7. The molecule has 3 aromatic rings. The lowest BCUT2D eigenvalue weighted by Gasteiger charge is -2.39. The van der Waals surface area contributed by atoms with Gasteiger partial charge >= 0.3 is 12.1 Å². The van der Waals surface area contributed by atoms with Crippen molar-refractivity contribution in [2.75, 3.05) is 52.4 Å². The van der Waals surface area contributed by atoms with Crippen LogP contribution in [0.1, 0.15) is 152 Å². The number of rotatable bonds is 18. The number of hydrogen-bond acceptors (Lipinski definition) is 16. The molecule has 1 saturated heterocycles.